The molecule has 0 rings (SSSR count). The lowest BCUT2D eigenvalue weighted by Gasteiger charge is -2.12. The van der Waals surface area contributed by atoms with Crippen molar-refractivity contribution >= 4 is 16.1 Å². The SMILES string of the molecule is CCCCCCCCC(CCC(=O)O)S(=O)(=O)O. The van der Waals surface area contributed by atoms with Crippen LogP contribution in [0.1, 0.15) is 64.7 Å². The van der Waals surface area contributed by atoms with E-state index in [-0.39, 0.29) is 12.8 Å². The summed E-state index contributed by atoms with van der Waals surface area (Å²) >= 11 is 0. The minimum Gasteiger partial charge on any atom is -0.481 e. The molecule has 0 aromatic rings. The summed E-state index contributed by atoms with van der Waals surface area (Å²) in [7, 11) is -4.12. The Morgan fingerprint density at radius 2 is 1.61 bits per heavy atom. The van der Waals surface area contributed by atoms with Crippen LogP contribution in [0.2, 0.25) is 0 Å². The van der Waals surface area contributed by atoms with Crippen molar-refractivity contribution in [1.82, 2.24) is 0 Å². The van der Waals surface area contributed by atoms with Gasteiger partial charge in [0.2, 0.25) is 0 Å². The maximum absolute atomic E-state index is 11.1. The van der Waals surface area contributed by atoms with E-state index in [9.17, 15) is 13.2 Å². The van der Waals surface area contributed by atoms with E-state index in [2.05, 4.69) is 6.92 Å². The molecule has 5 nitrogen and oxygen atoms in total. The molecule has 0 heterocycles. The monoisotopic (exact) mass is 280 g/mol. The maximum atomic E-state index is 11.1. The molecule has 0 aliphatic heterocycles. The zero-order chi connectivity index (χ0) is 14.0. The van der Waals surface area contributed by atoms with Gasteiger partial charge >= 0.3 is 5.97 Å². The second kappa shape index (κ2) is 9.33. The van der Waals surface area contributed by atoms with Gasteiger partial charge in [0.05, 0.1) is 5.25 Å². The molecule has 1 unspecified atom stereocenters. The molecule has 0 saturated heterocycles. The molecule has 0 aromatic carbocycles. The first-order valence-corrected chi connectivity index (χ1v) is 8.06. The highest BCUT2D eigenvalue weighted by Gasteiger charge is 2.23. The molecule has 2 N–H and O–H groups in total. The summed E-state index contributed by atoms with van der Waals surface area (Å²) in [6, 6.07) is 0. The molecule has 18 heavy (non-hydrogen) atoms. The Hall–Kier alpha value is -0.620. The zero-order valence-electron chi connectivity index (χ0n) is 11.0. The van der Waals surface area contributed by atoms with Crippen molar-refractivity contribution < 1.29 is 22.9 Å². The molecule has 0 bridgehead atoms. The van der Waals surface area contributed by atoms with Crippen LogP contribution in [-0.2, 0) is 14.9 Å². The van der Waals surface area contributed by atoms with Gasteiger partial charge in [-0.05, 0) is 12.8 Å². The van der Waals surface area contributed by atoms with Crippen LogP contribution in [0.3, 0.4) is 0 Å². The third-order valence-corrected chi connectivity index (χ3v) is 4.29. The largest absolute Gasteiger partial charge is 0.481 e. The number of aliphatic carboxylic acids is 1. The molecule has 0 fully saturated rings. The number of carbonyl (C=O) groups is 1. The summed E-state index contributed by atoms with van der Waals surface area (Å²) in [5.41, 5.74) is 0. The van der Waals surface area contributed by atoms with Crippen molar-refractivity contribution in [3.05, 3.63) is 0 Å². The van der Waals surface area contributed by atoms with Gasteiger partial charge in [-0.3, -0.25) is 9.35 Å². The first-order chi connectivity index (χ1) is 8.38. The Kier molecular flexibility index (Phi) is 9.01. The van der Waals surface area contributed by atoms with Gasteiger partial charge in [0.15, 0.2) is 0 Å². The zero-order valence-corrected chi connectivity index (χ0v) is 11.8. The van der Waals surface area contributed by atoms with Crippen molar-refractivity contribution in [2.24, 2.45) is 0 Å². The summed E-state index contributed by atoms with van der Waals surface area (Å²) < 4.78 is 31.2. The number of unbranched alkanes of at least 4 members (excludes halogenated alkanes) is 5. The lowest BCUT2D eigenvalue weighted by atomic mass is 10.1. The highest BCUT2D eigenvalue weighted by atomic mass is 32.2. The van der Waals surface area contributed by atoms with Gasteiger partial charge in [-0.1, -0.05) is 45.4 Å². The fourth-order valence-corrected chi connectivity index (χ4v) is 2.76. The fraction of sp³-hybridized carbons (Fsp3) is 0.917. The van der Waals surface area contributed by atoms with Gasteiger partial charge in [-0.25, -0.2) is 0 Å². The number of carboxylic acids is 1. The van der Waals surface area contributed by atoms with E-state index in [4.69, 9.17) is 9.66 Å². The summed E-state index contributed by atoms with van der Waals surface area (Å²) in [5, 5.41) is 7.59. The first kappa shape index (κ1) is 17.4. The predicted octanol–water partition coefficient (Wildman–Crippen LogP) is 2.86. The molecule has 0 amide bonds. The Morgan fingerprint density at radius 1 is 1.06 bits per heavy atom. The van der Waals surface area contributed by atoms with Gasteiger partial charge in [0.25, 0.3) is 10.1 Å². The van der Waals surface area contributed by atoms with E-state index in [1.54, 1.807) is 0 Å². The summed E-state index contributed by atoms with van der Waals surface area (Å²) in [5.74, 6) is -1.04. The van der Waals surface area contributed by atoms with Gasteiger partial charge in [0, 0.05) is 6.42 Å². The van der Waals surface area contributed by atoms with Crippen LogP contribution in [-0.4, -0.2) is 29.3 Å². The van der Waals surface area contributed by atoms with Crippen LogP contribution in [0, 0.1) is 0 Å². The number of rotatable bonds is 11. The Bertz CT molecular complexity index is 323. The molecule has 0 spiro atoms. The molecule has 0 radical (unpaired) electrons. The maximum Gasteiger partial charge on any atom is 0.303 e. The van der Waals surface area contributed by atoms with E-state index >= 15 is 0 Å². The van der Waals surface area contributed by atoms with E-state index in [1.165, 1.54) is 6.42 Å². The average Bonchev–Trinajstić information content (AvgIpc) is 2.25. The molecule has 0 saturated carbocycles. The molecule has 0 aliphatic carbocycles. The lowest BCUT2D eigenvalue weighted by Crippen LogP contribution is -2.21. The quantitative estimate of drug-likeness (QED) is 0.448. The van der Waals surface area contributed by atoms with Crippen molar-refractivity contribution in [3.63, 3.8) is 0 Å². The topological polar surface area (TPSA) is 91.7 Å². The third kappa shape index (κ3) is 9.41. The highest BCUT2D eigenvalue weighted by Crippen LogP contribution is 2.16. The summed E-state index contributed by atoms with van der Waals surface area (Å²) in [6.45, 7) is 2.13. The van der Waals surface area contributed by atoms with Crippen LogP contribution in [0.5, 0.6) is 0 Å². The van der Waals surface area contributed by atoms with Gasteiger partial charge in [-0.15, -0.1) is 0 Å². The highest BCUT2D eigenvalue weighted by molar-refractivity contribution is 7.86. The molecular formula is C12H24O5S. The molecule has 1 atom stereocenters. The summed E-state index contributed by atoms with van der Waals surface area (Å²) in [4.78, 5) is 10.4. The van der Waals surface area contributed by atoms with Crippen molar-refractivity contribution in [3.8, 4) is 0 Å². The van der Waals surface area contributed by atoms with E-state index in [0.717, 1.165) is 25.7 Å². The second-order valence-corrected chi connectivity index (χ2v) is 6.32. The average molecular weight is 280 g/mol. The number of hydrogen-bond donors (Lipinski definition) is 2. The number of carboxylic acid groups (broad SMARTS) is 1. The first-order valence-electron chi connectivity index (χ1n) is 6.56. The van der Waals surface area contributed by atoms with E-state index in [1.807, 2.05) is 0 Å². The predicted molar refractivity (Wildman–Crippen MR) is 70.2 cm³/mol. The van der Waals surface area contributed by atoms with Crippen LogP contribution in [0.25, 0.3) is 0 Å². The van der Waals surface area contributed by atoms with Crippen LogP contribution < -0.4 is 0 Å². The Labute approximate surface area is 109 Å². The van der Waals surface area contributed by atoms with Crippen LogP contribution >= 0.6 is 0 Å². The smallest absolute Gasteiger partial charge is 0.303 e. The van der Waals surface area contributed by atoms with Gasteiger partial charge in [-0.2, -0.15) is 8.42 Å². The lowest BCUT2D eigenvalue weighted by molar-refractivity contribution is -0.137. The minimum absolute atomic E-state index is 0.0108. The van der Waals surface area contributed by atoms with Crippen molar-refractivity contribution in [2.45, 2.75) is 70.0 Å². The Balaban J connectivity index is 3.92. The fourth-order valence-electron chi connectivity index (χ4n) is 1.88. The minimum atomic E-state index is -4.12. The van der Waals surface area contributed by atoms with Gasteiger partial charge in [0.1, 0.15) is 0 Å². The Morgan fingerprint density at radius 3 is 2.11 bits per heavy atom. The second-order valence-electron chi connectivity index (χ2n) is 4.63. The molecule has 108 valence electrons. The molecule has 0 aliphatic rings. The van der Waals surface area contributed by atoms with Crippen molar-refractivity contribution in [2.75, 3.05) is 0 Å². The van der Waals surface area contributed by atoms with Crippen LogP contribution in [0.4, 0.5) is 0 Å². The molecule has 6 heteroatoms. The normalized spacial score (nSPS) is 13.4. The number of hydrogen-bond acceptors (Lipinski definition) is 3. The molecule has 0 aromatic heterocycles. The van der Waals surface area contributed by atoms with E-state index in [0.29, 0.717) is 12.8 Å². The standard InChI is InChI=1S/C12H24O5S/c1-2-3-4-5-6-7-8-11(18(15,16)17)9-10-12(13)14/h11H,2-10H2,1H3,(H,13,14)(H,15,16,17). The van der Waals surface area contributed by atoms with E-state index < -0.39 is 21.3 Å². The molecular weight excluding hydrogens is 256 g/mol. The van der Waals surface area contributed by atoms with Crippen LogP contribution in [0.15, 0.2) is 0 Å². The van der Waals surface area contributed by atoms with Gasteiger partial charge < -0.3 is 5.11 Å². The van der Waals surface area contributed by atoms with Crippen molar-refractivity contribution in [1.29, 1.82) is 0 Å². The summed E-state index contributed by atoms with van der Waals surface area (Å²) in [6.07, 6.45) is 6.30. The third-order valence-electron chi connectivity index (χ3n) is 2.98.